The first-order chi connectivity index (χ1) is 15.7. The van der Waals surface area contributed by atoms with E-state index >= 15 is 0 Å². The zero-order valence-corrected chi connectivity index (χ0v) is 18.7. The Hall–Kier alpha value is -2.71. The predicted molar refractivity (Wildman–Crippen MR) is 122 cm³/mol. The van der Waals surface area contributed by atoms with Crippen molar-refractivity contribution in [2.75, 3.05) is 26.2 Å². The van der Waals surface area contributed by atoms with Crippen LogP contribution in [0.25, 0.3) is 10.6 Å². The number of para-hydroxylation sites is 1. The summed E-state index contributed by atoms with van der Waals surface area (Å²) in [6.45, 7) is 3.38. The van der Waals surface area contributed by atoms with Crippen molar-refractivity contribution in [1.82, 2.24) is 20.0 Å². The van der Waals surface area contributed by atoms with E-state index in [9.17, 15) is 9.18 Å². The first-order valence-electron chi connectivity index (χ1n) is 11.2. The topological polar surface area (TPSA) is 61.5 Å². The number of hydrogen-bond acceptors (Lipinski definition) is 5. The number of aromatic nitrogens is 2. The van der Waals surface area contributed by atoms with Gasteiger partial charge in [-0.05, 0) is 55.3 Å². The molecule has 2 saturated heterocycles. The fourth-order valence-electron chi connectivity index (χ4n) is 4.66. The zero-order chi connectivity index (χ0) is 21.9. The van der Waals surface area contributed by atoms with Gasteiger partial charge in [0.2, 0.25) is 0 Å². The van der Waals surface area contributed by atoms with Crippen LogP contribution in [0.2, 0.25) is 0 Å². The normalized spacial score (nSPS) is 18.7. The van der Waals surface area contributed by atoms with E-state index in [2.05, 4.69) is 15.1 Å². The summed E-state index contributed by atoms with van der Waals surface area (Å²) in [6, 6.07) is 12.9. The third-order valence-electron chi connectivity index (χ3n) is 6.46. The zero-order valence-electron chi connectivity index (χ0n) is 17.9. The molecule has 1 aromatic carbocycles. The van der Waals surface area contributed by atoms with Gasteiger partial charge in [-0.3, -0.25) is 14.8 Å². The number of halogens is 1. The summed E-state index contributed by atoms with van der Waals surface area (Å²) in [5.74, 6) is 0.0456. The SMILES string of the molecule is O=C(c1cc(-c2cccs2)[nH]n1)N1CCC(N2CCC(Oc3ccccc3F)CC2)CC1. The van der Waals surface area contributed by atoms with Crippen LogP contribution in [-0.4, -0.2) is 64.2 Å². The van der Waals surface area contributed by atoms with E-state index in [4.69, 9.17) is 4.74 Å². The molecule has 4 heterocycles. The first-order valence-corrected chi connectivity index (χ1v) is 12.1. The van der Waals surface area contributed by atoms with Gasteiger partial charge in [0.15, 0.2) is 17.3 Å². The molecule has 3 aromatic rings. The van der Waals surface area contributed by atoms with Gasteiger partial charge in [-0.25, -0.2) is 4.39 Å². The number of hydrogen-bond donors (Lipinski definition) is 1. The molecule has 0 unspecified atom stereocenters. The summed E-state index contributed by atoms with van der Waals surface area (Å²) < 4.78 is 19.7. The van der Waals surface area contributed by atoms with Crippen molar-refractivity contribution in [2.24, 2.45) is 0 Å². The summed E-state index contributed by atoms with van der Waals surface area (Å²) in [7, 11) is 0. The van der Waals surface area contributed by atoms with Gasteiger partial charge in [-0.2, -0.15) is 5.10 Å². The highest BCUT2D eigenvalue weighted by atomic mass is 32.1. The maximum absolute atomic E-state index is 13.8. The van der Waals surface area contributed by atoms with Gasteiger partial charge in [0.25, 0.3) is 5.91 Å². The lowest BCUT2D eigenvalue weighted by Gasteiger charge is -2.41. The third kappa shape index (κ3) is 4.56. The van der Waals surface area contributed by atoms with Crippen molar-refractivity contribution in [2.45, 2.75) is 37.8 Å². The maximum atomic E-state index is 13.8. The van der Waals surface area contributed by atoms with Crippen molar-refractivity contribution in [1.29, 1.82) is 0 Å². The number of nitrogens with zero attached hydrogens (tertiary/aromatic N) is 3. The van der Waals surface area contributed by atoms with Gasteiger partial charge < -0.3 is 9.64 Å². The number of nitrogens with one attached hydrogen (secondary N) is 1. The van der Waals surface area contributed by atoms with Crippen LogP contribution in [0.4, 0.5) is 4.39 Å². The second-order valence-electron chi connectivity index (χ2n) is 8.45. The fourth-order valence-corrected chi connectivity index (χ4v) is 5.36. The number of aromatic amines is 1. The number of H-pyrrole nitrogens is 1. The largest absolute Gasteiger partial charge is 0.487 e. The number of likely N-dealkylation sites (tertiary alicyclic amines) is 2. The molecule has 5 rings (SSSR count). The molecule has 0 aliphatic carbocycles. The van der Waals surface area contributed by atoms with E-state index in [-0.39, 0.29) is 17.8 Å². The van der Waals surface area contributed by atoms with Crippen LogP contribution in [0.5, 0.6) is 5.75 Å². The number of amides is 1. The number of carbonyl (C=O) groups excluding carboxylic acids is 1. The predicted octanol–water partition coefficient (Wildman–Crippen LogP) is 4.43. The summed E-state index contributed by atoms with van der Waals surface area (Å²) in [4.78, 5) is 18.4. The minimum absolute atomic E-state index is 0.000461. The van der Waals surface area contributed by atoms with E-state index in [1.807, 2.05) is 28.5 Å². The van der Waals surface area contributed by atoms with Crippen molar-refractivity contribution >= 4 is 17.2 Å². The Balaban J connectivity index is 1.10. The molecule has 168 valence electrons. The molecular formula is C24H27FN4O2S. The van der Waals surface area contributed by atoms with E-state index < -0.39 is 0 Å². The van der Waals surface area contributed by atoms with E-state index in [1.54, 1.807) is 29.5 Å². The second kappa shape index (κ2) is 9.42. The average Bonchev–Trinajstić information content (AvgIpc) is 3.53. The van der Waals surface area contributed by atoms with Crippen LogP contribution in [0.1, 0.15) is 36.2 Å². The number of ether oxygens (including phenoxy) is 1. The van der Waals surface area contributed by atoms with Crippen molar-refractivity contribution < 1.29 is 13.9 Å². The Bertz CT molecular complexity index is 1040. The summed E-state index contributed by atoms with van der Waals surface area (Å²) in [5, 5.41) is 9.24. The summed E-state index contributed by atoms with van der Waals surface area (Å²) in [6.07, 6.45) is 3.78. The molecule has 1 N–H and O–H groups in total. The summed E-state index contributed by atoms with van der Waals surface area (Å²) in [5.41, 5.74) is 1.37. The van der Waals surface area contributed by atoms with Gasteiger partial charge >= 0.3 is 0 Å². The van der Waals surface area contributed by atoms with Crippen LogP contribution in [0.15, 0.2) is 47.8 Å². The highest BCUT2D eigenvalue weighted by Crippen LogP contribution is 2.27. The van der Waals surface area contributed by atoms with Crippen LogP contribution in [-0.2, 0) is 0 Å². The standard InChI is InChI=1S/C24H27FN4O2S/c25-19-4-1-2-5-22(19)31-18-9-13-28(14-10-18)17-7-11-29(12-8-17)24(30)21-16-20(26-27-21)23-6-3-15-32-23/h1-6,15-18H,7-14H2,(H,26,27). The molecule has 32 heavy (non-hydrogen) atoms. The molecule has 2 aromatic heterocycles. The molecule has 8 heteroatoms. The van der Waals surface area contributed by atoms with Crippen LogP contribution >= 0.6 is 11.3 Å². The number of piperidine rings is 2. The van der Waals surface area contributed by atoms with E-state index in [0.29, 0.717) is 17.5 Å². The first kappa shape index (κ1) is 21.2. The minimum Gasteiger partial charge on any atom is -0.487 e. The fraction of sp³-hybridized carbons (Fsp3) is 0.417. The average molecular weight is 455 g/mol. The lowest BCUT2D eigenvalue weighted by Crippen LogP contribution is -2.50. The number of benzene rings is 1. The molecule has 0 radical (unpaired) electrons. The number of thiophene rings is 1. The molecular weight excluding hydrogens is 427 g/mol. The van der Waals surface area contributed by atoms with Crippen LogP contribution in [0, 0.1) is 5.82 Å². The molecule has 0 atom stereocenters. The molecule has 2 aliphatic rings. The Morgan fingerprint density at radius 1 is 1.06 bits per heavy atom. The third-order valence-corrected chi connectivity index (χ3v) is 7.36. The lowest BCUT2D eigenvalue weighted by molar-refractivity contribution is 0.0414. The maximum Gasteiger partial charge on any atom is 0.274 e. The Labute approximate surface area is 191 Å². The smallest absolute Gasteiger partial charge is 0.274 e. The van der Waals surface area contributed by atoms with Gasteiger partial charge in [-0.15, -0.1) is 11.3 Å². The van der Waals surface area contributed by atoms with Crippen LogP contribution in [0.3, 0.4) is 0 Å². The summed E-state index contributed by atoms with van der Waals surface area (Å²) >= 11 is 1.62. The van der Waals surface area contributed by atoms with Gasteiger partial charge in [0, 0.05) is 32.2 Å². The van der Waals surface area contributed by atoms with E-state index in [1.165, 1.54) is 6.07 Å². The number of rotatable bonds is 5. The Morgan fingerprint density at radius 3 is 2.56 bits per heavy atom. The number of carbonyl (C=O) groups is 1. The van der Waals surface area contributed by atoms with Gasteiger partial charge in [0.1, 0.15) is 6.10 Å². The Morgan fingerprint density at radius 2 is 1.84 bits per heavy atom. The van der Waals surface area contributed by atoms with Crippen molar-refractivity contribution in [3.8, 4) is 16.3 Å². The Kier molecular flexibility index (Phi) is 6.23. The minimum atomic E-state index is -0.300. The monoisotopic (exact) mass is 454 g/mol. The molecule has 1 amide bonds. The lowest BCUT2D eigenvalue weighted by atomic mass is 9.98. The molecule has 0 spiro atoms. The molecule has 2 fully saturated rings. The molecule has 6 nitrogen and oxygen atoms in total. The van der Waals surface area contributed by atoms with E-state index in [0.717, 1.165) is 62.4 Å². The van der Waals surface area contributed by atoms with Crippen molar-refractivity contribution in [3.63, 3.8) is 0 Å². The molecule has 0 saturated carbocycles. The second-order valence-corrected chi connectivity index (χ2v) is 9.40. The molecule has 2 aliphatic heterocycles. The molecule has 0 bridgehead atoms. The quantitative estimate of drug-likeness (QED) is 0.620. The van der Waals surface area contributed by atoms with Crippen LogP contribution < -0.4 is 4.74 Å². The van der Waals surface area contributed by atoms with Gasteiger partial charge in [0.05, 0.1) is 10.6 Å². The highest BCUT2D eigenvalue weighted by Gasteiger charge is 2.31. The van der Waals surface area contributed by atoms with Gasteiger partial charge in [-0.1, -0.05) is 18.2 Å². The highest BCUT2D eigenvalue weighted by molar-refractivity contribution is 7.13. The van der Waals surface area contributed by atoms with Crippen molar-refractivity contribution in [3.05, 3.63) is 59.4 Å².